The summed E-state index contributed by atoms with van der Waals surface area (Å²) in [5.74, 6) is 1.99. The third-order valence-corrected chi connectivity index (χ3v) is 5.83. The summed E-state index contributed by atoms with van der Waals surface area (Å²) < 4.78 is 0. The summed E-state index contributed by atoms with van der Waals surface area (Å²) in [5.41, 5.74) is -1.03. The van der Waals surface area contributed by atoms with Gasteiger partial charge in [0.1, 0.15) is 0 Å². The molecule has 0 aliphatic heterocycles. The zero-order chi connectivity index (χ0) is 12.8. The minimum atomic E-state index is -0.513. The Bertz CT molecular complexity index is 276. The van der Waals surface area contributed by atoms with Crippen LogP contribution in [-0.2, 0) is 0 Å². The summed E-state index contributed by atoms with van der Waals surface area (Å²) >= 11 is 0. The lowest BCUT2D eigenvalue weighted by atomic mass is 9.48. The van der Waals surface area contributed by atoms with E-state index in [9.17, 15) is 10.2 Å². The minimum Gasteiger partial charge on any atom is -0.390 e. The Morgan fingerprint density at radius 1 is 0.889 bits per heavy atom. The van der Waals surface area contributed by atoms with Crippen molar-refractivity contribution in [1.82, 2.24) is 0 Å². The van der Waals surface area contributed by atoms with Crippen molar-refractivity contribution in [3.8, 4) is 0 Å². The van der Waals surface area contributed by atoms with Crippen LogP contribution < -0.4 is 0 Å². The molecule has 0 spiro atoms. The first-order valence-electron chi connectivity index (χ1n) is 7.98. The van der Waals surface area contributed by atoms with Gasteiger partial charge in [-0.1, -0.05) is 32.6 Å². The lowest BCUT2D eigenvalue weighted by Gasteiger charge is -2.61. The van der Waals surface area contributed by atoms with E-state index >= 15 is 0 Å². The van der Waals surface area contributed by atoms with Gasteiger partial charge in [-0.3, -0.25) is 0 Å². The second-order valence-corrected chi connectivity index (χ2v) is 7.48. The van der Waals surface area contributed by atoms with Crippen molar-refractivity contribution >= 4 is 0 Å². The molecule has 0 radical (unpaired) electrons. The molecule has 0 unspecified atom stereocenters. The van der Waals surface area contributed by atoms with Crippen LogP contribution in [0.1, 0.15) is 71.1 Å². The number of hydrogen-bond donors (Lipinski definition) is 2. The molecular formula is C16H28O2. The van der Waals surface area contributed by atoms with Gasteiger partial charge in [0.25, 0.3) is 0 Å². The summed E-state index contributed by atoms with van der Waals surface area (Å²) in [7, 11) is 0. The SMILES string of the molecule is CCCCCCC1C2CC3(O)CC1CC(O)(C2)C3. The highest BCUT2D eigenvalue weighted by Crippen LogP contribution is 2.60. The van der Waals surface area contributed by atoms with Crippen molar-refractivity contribution in [2.45, 2.75) is 82.3 Å². The Hall–Kier alpha value is -0.0800. The van der Waals surface area contributed by atoms with E-state index in [2.05, 4.69) is 6.92 Å². The Morgan fingerprint density at radius 2 is 1.44 bits per heavy atom. The Morgan fingerprint density at radius 3 is 1.94 bits per heavy atom. The lowest BCUT2D eigenvalue weighted by molar-refractivity contribution is -0.220. The van der Waals surface area contributed by atoms with Gasteiger partial charge in [0.15, 0.2) is 0 Å². The van der Waals surface area contributed by atoms with Gasteiger partial charge < -0.3 is 10.2 Å². The third kappa shape index (κ3) is 2.22. The average molecular weight is 252 g/mol. The molecule has 2 heteroatoms. The lowest BCUT2D eigenvalue weighted by Crippen LogP contribution is -2.62. The maximum absolute atomic E-state index is 10.5. The van der Waals surface area contributed by atoms with E-state index in [1.165, 1.54) is 32.1 Å². The third-order valence-electron chi connectivity index (χ3n) is 5.83. The standard InChI is InChI=1S/C16H28O2/c1-2-3-4-5-6-14-12-7-15(17)9-13(14)10-16(18,8-12)11-15/h12-14,17-18H,2-11H2,1H3. The molecule has 2 nitrogen and oxygen atoms in total. The van der Waals surface area contributed by atoms with E-state index in [1.807, 2.05) is 0 Å². The second-order valence-electron chi connectivity index (χ2n) is 7.48. The summed E-state index contributed by atoms with van der Waals surface area (Å²) in [5, 5.41) is 21.1. The predicted octanol–water partition coefficient (Wildman–Crippen LogP) is 3.26. The highest BCUT2D eigenvalue weighted by molar-refractivity contribution is 5.11. The van der Waals surface area contributed by atoms with Crippen molar-refractivity contribution in [3.63, 3.8) is 0 Å². The molecule has 4 saturated carbocycles. The van der Waals surface area contributed by atoms with E-state index in [4.69, 9.17) is 0 Å². The summed E-state index contributed by atoms with van der Waals surface area (Å²) in [4.78, 5) is 0. The molecule has 18 heavy (non-hydrogen) atoms. The van der Waals surface area contributed by atoms with Crippen molar-refractivity contribution < 1.29 is 10.2 Å². The van der Waals surface area contributed by atoms with Gasteiger partial charge in [0, 0.05) is 6.42 Å². The summed E-state index contributed by atoms with van der Waals surface area (Å²) in [6, 6.07) is 0. The summed E-state index contributed by atoms with van der Waals surface area (Å²) in [6.45, 7) is 2.26. The maximum atomic E-state index is 10.5. The van der Waals surface area contributed by atoms with Crippen LogP contribution in [0.5, 0.6) is 0 Å². The number of unbranched alkanes of at least 4 members (excludes halogenated alkanes) is 3. The highest BCUT2D eigenvalue weighted by Gasteiger charge is 2.59. The fourth-order valence-electron chi connectivity index (χ4n) is 5.43. The van der Waals surface area contributed by atoms with Gasteiger partial charge in [-0.15, -0.1) is 0 Å². The van der Waals surface area contributed by atoms with Crippen LogP contribution in [0.2, 0.25) is 0 Å². The number of rotatable bonds is 5. The molecule has 104 valence electrons. The normalized spacial score (nSPS) is 49.8. The second kappa shape index (κ2) is 4.49. The van der Waals surface area contributed by atoms with E-state index in [-0.39, 0.29) is 0 Å². The smallest absolute Gasteiger partial charge is 0.0680 e. The first kappa shape index (κ1) is 12.9. The molecular weight excluding hydrogens is 224 g/mol. The topological polar surface area (TPSA) is 40.5 Å². The Balaban J connectivity index is 1.62. The zero-order valence-corrected chi connectivity index (χ0v) is 11.7. The number of aliphatic hydroxyl groups is 2. The van der Waals surface area contributed by atoms with Gasteiger partial charge in [-0.25, -0.2) is 0 Å². The molecule has 0 heterocycles. The van der Waals surface area contributed by atoms with Crippen LogP contribution in [0.25, 0.3) is 0 Å². The molecule has 4 aliphatic carbocycles. The van der Waals surface area contributed by atoms with Crippen LogP contribution in [0.15, 0.2) is 0 Å². The maximum Gasteiger partial charge on any atom is 0.0680 e. The van der Waals surface area contributed by atoms with Crippen LogP contribution in [0.3, 0.4) is 0 Å². The van der Waals surface area contributed by atoms with Crippen LogP contribution >= 0.6 is 0 Å². The molecule has 0 aromatic carbocycles. The van der Waals surface area contributed by atoms with Gasteiger partial charge in [-0.2, -0.15) is 0 Å². The van der Waals surface area contributed by atoms with Gasteiger partial charge >= 0.3 is 0 Å². The van der Waals surface area contributed by atoms with Crippen molar-refractivity contribution in [1.29, 1.82) is 0 Å². The van der Waals surface area contributed by atoms with Crippen LogP contribution in [0.4, 0.5) is 0 Å². The van der Waals surface area contributed by atoms with E-state index in [1.54, 1.807) is 0 Å². The number of hydrogen-bond acceptors (Lipinski definition) is 2. The van der Waals surface area contributed by atoms with Gasteiger partial charge in [0.05, 0.1) is 11.2 Å². The molecule has 0 saturated heterocycles. The highest BCUT2D eigenvalue weighted by atomic mass is 16.3. The first-order valence-corrected chi connectivity index (χ1v) is 7.98. The van der Waals surface area contributed by atoms with Crippen LogP contribution in [0, 0.1) is 17.8 Å². The van der Waals surface area contributed by atoms with E-state index in [0.717, 1.165) is 31.6 Å². The average Bonchev–Trinajstić information content (AvgIpc) is 2.23. The van der Waals surface area contributed by atoms with Gasteiger partial charge in [-0.05, 0) is 49.9 Å². The molecule has 4 rings (SSSR count). The van der Waals surface area contributed by atoms with E-state index in [0.29, 0.717) is 18.3 Å². The molecule has 4 fully saturated rings. The molecule has 2 N–H and O–H groups in total. The fraction of sp³-hybridized carbons (Fsp3) is 1.00. The predicted molar refractivity (Wildman–Crippen MR) is 72.2 cm³/mol. The largest absolute Gasteiger partial charge is 0.390 e. The molecule has 4 bridgehead atoms. The monoisotopic (exact) mass is 252 g/mol. The zero-order valence-electron chi connectivity index (χ0n) is 11.7. The van der Waals surface area contributed by atoms with Crippen molar-refractivity contribution in [2.75, 3.05) is 0 Å². The Kier molecular flexibility index (Phi) is 3.22. The first-order chi connectivity index (χ1) is 8.54. The van der Waals surface area contributed by atoms with Crippen molar-refractivity contribution in [2.24, 2.45) is 17.8 Å². The Labute approximate surface area is 111 Å². The minimum absolute atomic E-state index is 0.513. The van der Waals surface area contributed by atoms with Crippen molar-refractivity contribution in [3.05, 3.63) is 0 Å². The molecule has 0 aromatic rings. The summed E-state index contributed by atoms with van der Waals surface area (Å²) in [6.07, 6.45) is 11.2. The quantitative estimate of drug-likeness (QED) is 0.737. The van der Waals surface area contributed by atoms with Crippen LogP contribution in [-0.4, -0.2) is 21.4 Å². The molecule has 0 aromatic heterocycles. The fourth-order valence-corrected chi connectivity index (χ4v) is 5.43. The van der Waals surface area contributed by atoms with Gasteiger partial charge in [0.2, 0.25) is 0 Å². The van der Waals surface area contributed by atoms with E-state index < -0.39 is 11.2 Å². The molecule has 4 aliphatic rings. The molecule has 0 atom stereocenters. The molecule has 0 amide bonds.